The molecule has 0 radical (unpaired) electrons. The first-order chi connectivity index (χ1) is 4.83. The summed E-state index contributed by atoms with van der Waals surface area (Å²) in [6, 6.07) is 0. The second-order valence-electron chi connectivity index (χ2n) is 2.33. The third kappa shape index (κ3) is 3.43. The zero-order valence-corrected chi connectivity index (χ0v) is 8.02. The molecule has 2 unspecified atom stereocenters. The van der Waals surface area contributed by atoms with Gasteiger partial charge in [0.2, 0.25) is 0 Å². The average Bonchev–Trinajstić information content (AvgIpc) is 2.67. The van der Waals surface area contributed by atoms with Crippen molar-refractivity contribution in [3.63, 3.8) is 0 Å². The maximum atomic E-state index is 3.13. The summed E-state index contributed by atoms with van der Waals surface area (Å²) >= 11 is 4.04. The number of thioether (sulfide) groups is 2. The summed E-state index contributed by atoms with van der Waals surface area (Å²) in [6.07, 6.45) is 0. The van der Waals surface area contributed by atoms with Gasteiger partial charge in [0.15, 0.2) is 0 Å². The van der Waals surface area contributed by atoms with E-state index in [1.54, 1.807) is 0 Å². The predicted octanol–water partition coefficient (Wildman–Crippen LogP) is 2.25. The molecule has 1 fully saturated rings. The van der Waals surface area contributed by atoms with Crippen molar-refractivity contribution >= 4 is 23.5 Å². The third-order valence-electron chi connectivity index (χ3n) is 1.28. The Labute approximate surface area is 71.5 Å². The van der Waals surface area contributed by atoms with Crippen molar-refractivity contribution in [2.75, 3.05) is 11.5 Å². The number of hydrogen-bond donors (Lipinski definition) is 0. The molecule has 0 aromatic carbocycles. The first-order valence-electron chi connectivity index (χ1n) is 3.48. The van der Waals surface area contributed by atoms with E-state index in [1.807, 2.05) is 18.7 Å². The molecule has 2 atom stereocenters. The molecule has 1 aliphatic rings. The summed E-state index contributed by atoms with van der Waals surface area (Å²) in [5, 5.41) is 1.48. The van der Waals surface area contributed by atoms with Crippen LogP contribution in [0.25, 0.3) is 0 Å². The van der Waals surface area contributed by atoms with Crippen LogP contribution in [0.1, 0.15) is 13.8 Å². The lowest BCUT2D eigenvalue weighted by atomic mass is 10.5. The predicted molar refractivity (Wildman–Crippen MR) is 51.6 cm³/mol. The van der Waals surface area contributed by atoms with Crippen molar-refractivity contribution in [3.05, 3.63) is 0 Å². The zero-order valence-electron chi connectivity index (χ0n) is 6.39. The van der Waals surface area contributed by atoms with Gasteiger partial charge < -0.3 is 0 Å². The molecule has 10 heavy (non-hydrogen) atoms. The molecule has 2 heteroatoms. The fourth-order valence-electron chi connectivity index (χ4n) is 0.661. The van der Waals surface area contributed by atoms with E-state index in [0.717, 1.165) is 5.25 Å². The monoisotopic (exact) mass is 172 g/mol. The Morgan fingerprint density at radius 2 is 2.50 bits per heavy atom. The summed E-state index contributed by atoms with van der Waals surface area (Å²) in [5.41, 5.74) is 0. The zero-order chi connectivity index (χ0) is 7.40. The Kier molecular flexibility index (Phi) is 3.51. The summed E-state index contributed by atoms with van der Waals surface area (Å²) in [6.45, 7) is 4.08. The van der Waals surface area contributed by atoms with Gasteiger partial charge in [-0.1, -0.05) is 5.92 Å². The van der Waals surface area contributed by atoms with Crippen molar-refractivity contribution in [3.8, 4) is 11.8 Å². The highest BCUT2D eigenvalue weighted by Crippen LogP contribution is 2.33. The second kappa shape index (κ2) is 4.20. The minimum absolute atomic E-state index is 0.534. The van der Waals surface area contributed by atoms with Gasteiger partial charge in [-0.15, -0.1) is 17.7 Å². The van der Waals surface area contributed by atoms with E-state index in [2.05, 4.69) is 30.5 Å². The fourth-order valence-corrected chi connectivity index (χ4v) is 2.51. The van der Waals surface area contributed by atoms with Crippen LogP contribution in [-0.4, -0.2) is 22.0 Å². The third-order valence-corrected chi connectivity index (χ3v) is 3.68. The molecule has 1 rings (SSSR count). The first kappa shape index (κ1) is 8.36. The highest BCUT2D eigenvalue weighted by Gasteiger charge is 2.22. The molecule has 0 saturated carbocycles. The molecule has 1 saturated heterocycles. The Morgan fingerprint density at radius 1 is 1.80 bits per heavy atom. The lowest BCUT2D eigenvalue weighted by Crippen LogP contribution is -1.96. The van der Waals surface area contributed by atoms with E-state index in [0.29, 0.717) is 5.25 Å². The maximum Gasteiger partial charge on any atom is 0.0629 e. The van der Waals surface area contributed by atoms with Gasteiger partial charge in [0.05, 0.1) is 5.25 Å². The van der Waals surface area contributed by atoms with E-state index in [1.165, 1.54) is 11.5 Å². The second-order valence-corrected chi connectivity index (χ2v) is 5.03. The first-order valence-corrected chi connectivity index (χ1v) is 5.58. The van der Waals surface area contributed by atoms with Gasteiger partial charge in [0.25, 0.3) is 0 Å². The van der Waals surface area contributed by atoms with E-state index in [4.69, 9.17) is 0 Å². The molecular formula is C8H12S2. The van der Waals surface area contributed by atoms with Crippen LogP contribution in [0.3, 0.4) is 0 Å². The normalized spacial score (nSPS) is 24.8. The van der Waals surface area contributed by atoms with E-state index in [-0.39, 0.29) is 0 Å². The van der Waals surface area contributed by atoms with Crippen molar-refractivity contribution in [1.29, 1.82) is 0 Å². The summed E-state index contributed by atoms with van der Waals surface area (Å²) in [5.74, 6) is 8.73. The Morgan fingerprint density at radius 3 is 3.00 bits per heavy atom. The molecule has 0 nitrogen and oxygen atoms in total. The molecular weight excluding hydrogens is 160 g/mol. The maximum absolute atomic E-state index is 3.13. The smallest absolute Gasteiger partial charge is 0.0629 e. The Bertz CT molecular complexity index is 150. The highest BCUT2D eigenvalue weighted by atomic mass is 32.2. The summed E-state index contributed by atoms with van der Waals surface area (Å²) in [7, 11) is 0. The summed E-state index contributed by atoms with van der Waals surface area (Å²) in [4.78, 5) is 0. The van der Waals surface area contributed by atoms with Crippen LogP contribution in [0.5, 0.6) is 0 Å². The SMILES string of the molecule is CC#CC(C)SCC1CS1. The topological polar surface area (TPSA) is 0 Å². The Balaban J connectivity index is 2.03. The lowest BCUT2D eigenvalue weighted by molar-refractivity contribution is 1.23. The van der Waals surface area contributed by atoms with Crippen LogP contribution in [0.2, 0.25) is 0 Å². The lowest BCUT2D eigenvalue weighted by Gasteiger charge is -2.00. The molecule has 0 spiro atoms. The van der Waals surface area contributed by atoms with Gasteiger partial charge in [-0.2, -0.15) is 11.8 Å². The van der Waals surface area contributed by atoms with Crippen molar-refractivity contribution in [1.82, 2.24) is 0 Å². The van der Waals surface area contributed by atoms with Crippen LogP contribution < -0.4 is 0 Å². The van der Waals surface area contributed by atoms with Crippen molar-refractivity contribution < 1.29 is 0 Å². The molecule has 0 aromatic rings. The van der Waals surface area contributed by atoms with Crippen molar-refractivity contribution in [2.24, 2.45) is 0 Å². The van der Waals surface area contributed by atoms with E-state index in [9.17, 15) is 0 Å². The average molecular weight is 172 g/mol. The molecule has 1 aliphatic heterocycles. The van der Waals surface area contributed by atoms with Crippen molar-refractivity contribution in [2.45, 2.75) is 24.3 Å². The molecule has 1 heterocycles. The van der Waals surface area contributed by atoms with Gasteiger partial charge >= 0.3 is 0 Å². The summed E-state index contributed by atoms with van der Waals surface area (Å²) < 4.78 is 0. The molecule has 0 amide bonds. The quantitative estimate of drug-likeness (QED) is 0.473. The van der Waals surface area contributed by atoms with Gasteiger partial charge in [0.1, 0.15) is 0 Å². The Hall–Kier alpha value is 0.260. The van der Waals surface area contributed by atoms with Gasteiger partial charge in [-0.25, -0.2) is 0 Å². The molecule has 0 bridgehead atoms. The molecule has 0 aromatic heterocycles. The van der Waals surface area contributed by atoms with Crippen LogP contribution in [-0.2, 0) is 0 Å². The van der Waals surface area contributed by atoms with E-state index < -0.39 is 0 Å². The highest BCUT2D eigenvalue weighted by molar-refractivity contribution is 8.08. The fraction of sp³-hybridized carbons (Fsp3) is 0.750. The standard InChI is InChI=1S/C8H12S2/c1-3-4-7(2)9-5-8-6-10-8/h7-8H,5-6H2,1-2H3. The van der Waals surface area contributed by atoms with Gasteiger partial charge in [-0.05, 0) is 13.8 Å². The number of hydrogen-bond acceptors (Lipinski definition) is 2. The van der Waals surface area contributed by atoms with Crippen LogP contribution in [0.4, 0.5) is 0 Å². The van der Waals surface area contributed by atoms with Gasteiger partial charge in [-0.3, -0.25) is 0 Å². The molecule has 0 N–H and O–H groups in total. The van der Waals surface area contributed by atoms with E-state index >= 15 is 0 Å². The van der Waals surface area contributed by atoms with Crippen LogP contribution in [0.15, 0.2) is 0 Å². The van der Waals surface area contributed by atoms with Crippen LogP contribution in [0, 0.1) is 11.8 Å². The number of rotatable bonds is 3. The largest absolute Gasteiger partial charge is 0.156 e. The minimum atomic E-state index is 0.534. The molecule has 56 valence electrons. The van der Waals surface area contributed by atoms with Crippen LogP contribution >= 0.6 is 23.5 Å². The molecule has 0 aliphatic carbocycles. The van der Waals surface area contributed by atoms with Gasteiger partial charge in [0, 0.05) is 16.8 Å². The minimum Gasteiger partial charge on any atom is -0.156 e.